The Kier molecular flexibility index (Phi) is 5.88. The Morgan fingerprint density at radius 1 is 0.917 bits per heavy atom. The molecule has 2 fully saturated rings. The van der Waals surface area contributed by atoms with Crippen LogP contribution in [-0.2, 0) is 19.6 Å². The summed E-state index contributed by atoms with van der Waals surface area (Å²) in [6, 6.07) is 24.9. The first-order valence-corrected chi connectivity index (χ1v) is 13.0. The zero-order chi connectivity index (χ0) is 25.5. The van der Waals surface area contributed by atoms with Crippen LogP contribution in [0.1, 0.15) is 29.9 Å². The minimum Gasteiger partial charge on any atom is -0.481 e. The van der Waals surface area contributed by atoms with Gasteiger partial charge in [-0.2, -0.15) is 0 Å². The fraction of sp³-hybridized carbons (Fsp3) is 0.222. The van der Waals surface area contributed by atoms with E-state index in [1.165, 1.54) is 24.3 Å². The number of nitrogens with one attached hydrogen (secondary N) is 1. The topological polar surface area (TPSA) is 121 Å². The lowest BCUT2D eigenvalue weighted by molar-refractivity contribution is -0.139. The molecule has 3 aromatic carbocycles. The number of carboxylic acids is 1. The first kappa shape index (κ1) is 23.7. The van der Waals surface area contributed by atoms with Crippen molar-refractivity contribution in [3.05, 3.63) is 102 Å². The van der Waals surface area contributed by atoms with Crippen molar-refractivity contribution in [2.45, 2.75) is 29.2 Å². The number of rotatable bonds is 8. The molecular weight excluding hydrogens is 480 g/mol. The third-order valence-corrected chi connectivity index (χ3v) is 8.71. The molecule has 8 nitrogen and oxygen atoms in total. The fourth-order valence-corrected chi connectivity index (χ4v) is 6.52. The van der Waals surface area contributed by atoms with Crippen LogP contribution in [0.5, 0.6) is 0 Å². The molecule has 2 N–H and O–H groups in total. The summed E-state index contributed by atoms with van der Waals surface area (Å²) in [6.45, 7) is 0. The first-order valence-electron chi connectivity index (χ1n) is 11.6. The van der Waals surface area contributed by atoms with E-state index in [2.05, 4.69) is 5.32 Å². The lowest BCUT2D eigenvalue weighted by Gasteiger charge is -2.32. The van der Waals surface area contributed by atoms with Crippen molar-refractivity contribution in [2.75, 3.05) is 0 Å². The average molecular weight is 505 g/mol. The Morgan fingerprint density at radius 3 is 1.89 bits per heavy atom. The van der Waals surface area contributed by atoms with Crippen molar-refractivity contribution in [3.63, 3.8) is 0 Å². The number of benzene rings is 3. The highest BCUT2D eigenvalue weighted by Gasteiger charge is 2.67. The molecule has 1 aliphatic carbocycles. The highest BCUT2D eigenvalue weighted by molar-refractivity contribution is 7.90. The van der Waals surface area contributed by atoms with Gasteiger partial charge in [0.15, 0.2) is 0 Å². The number of hydrogen-bond donors (Lipinski definition) is 2. The normalized spacial score (nSPS) is 23.5. The number of urea groups is 1. The van der Waals surface area contributed by atoms with E-state index in [0.29, 0.717) is 0 Å². The number of imide groups is 1. The van der Waals surface area contributed by atoms with Crippen molar-refractivity contribution in [2.24, 2.45) is 11.8 Å². The van der Waals surface area contributed by atoms with Crippen LogP contribution in [0, 0.1) is 11.8 Å². The number of carbonyl (C=O) groups excluding carboxylic acids is 2. The molecule has 36 heavy (non-hydrogen) atoms. The number of nitrogens with zero attached hydrogens (tertiary/aromatic N) is 1. The third-order valence-electron chi connectivity index (χ3n) is 7.03. The zero-order valence-electron chi connectivity index (χ0n) is 19.2. The molecule has 0 spiro atoms. The second-order valence-corrected chi connectivity index (χ2v) is 10.9. The molecular formula is C27H24N2O6S. The summed E-state index contributed by atoms with van der Waals surface area (Å²) in [4.78, 5) is 38.8. The Hall–Kier alpha value is -3.98. The molecule has 1 saturated carbocycles. The van der Waals surface area contributed by atoms with Gasteiger partial charge in [-0.1, -0.05) is 78.9 Å². The Balaban J connectivity index is 1.61. The molecule has 3 aromatic rings. The Bertz CT molecular complexity index is 1370. The highest BCUT2D eigenvalue weighted by Crippen LogP contribution is 2.53. The van der Waals surface area contributed by atoms with E-state index in [0.717, 1.165) is 11.1 Å². The second kappa shape index (κ2) is 8.91. The van der Waals surface area contributed by atoms with Crippen LogP contribution < -0.4 is 5.32 Å². The van der Waals surface area contributed by atoms with Gasteiger partial charge in [-0.15, -0.1) is 4.31 Å². The van der Waals surface area contributed by atoms with Crippen LogP contribution >= 0.6 is 0 Å². The first-order chi connectivity index (χ1) is 17.3. The maximum atomic E-state index is 14.0. The van der Waals surface area contributed by atoms with Crippen molar-refractivity contribution in [1.82, 2.24) is 9.62 Å². The lowest BCUT2D eigenvalue weighted by Crippen LogP contribution is -2.51. The molecule has 0 unspecified atom stereocenters. The van der Waals surface area contributed by atoms with Crippen molar-refractivity contribution < 1.29 is 27.9 Å². The standard InChI is InChI=1S/C27H24N2O6S/c30-24(31)21-16-23(21)27(17-22(18-10-4-1-5-11-18)19-12-6-2-7-13-19)25(32)29(26(33)28-27)36(34,35)20-14-8-3-9-15-20/h1-15,21-23H,16-17H2,(H,28,33)(H,30,31)/t21-,23-,27+/m1/s1. The van der Waals surface area contributed by atoms with Crippen LogP contribution in [0.4, 0.5) is 4.79 Å². The quantitative estimate of drug-likeness (QED) is 0.452. The number of carboxylic acid groups (broad SMARTS) is 1. The summed E-state index contributed by atoms with van der Waals surface area (Å²) in [6.07, 6.45) is 0.178. The molecule has 1 heterocycles. The summed E-state index contributed by atoms with van der Waals surface area (Å²) in [7, 11) is -4.49. The van der Waals surface area contributed by atoms with Crippen LogP contribution in [0.3, 0.4) is 0 Å². The molecule has 1 aliphatic heterocycles. The summed E-state index contributed by atoms with van der Waals surface area (Å²) in [5.74, 6) is -4.02. The molecule has 1 saturated heterocycles. The average Bonchev–Trinajstić information content (AvgIpc) is 3.65. The number of aliphatic carboxylic acids is 1. The maximum absolute atomic E-state index is 14.0. The fourth-order valence-electron chi connectivity index (χ4n) is 5.16. The third kappa shape index (κ3) is 3.95. The van der Waals surface area contributed by atoms with Crippen molar-refractivity contribution >= 4 is 27.9 Å². The van der Waals surface area contributed by atoms with E-state index < -0.39 is 51.2 Å². The van der Waals surface area contributed by atoms with Gasteiger partial charge < -0.3 is 10.4 Å². The van der Waals surface area contributed by atoms with Gasteiger partial charge in [0, 0.05) is 11.8 Å². The van der Waals surface area contributed by atoms with Crippen LogP contribution in [0.25, 0.3) is 0 Å². The monoisotopic (exact) mass is 504 g/mol. The van der Waals surface area contributed by atoms with Crippen LogP contribution in [0.15, 0.2) is 95.9 Å². The largest absolute Gasteiger partial charge is 0.481 e. The molecule has 3 amide bonds. The predicted octanol–water partition coefficient (Wildman–Crippen LogP) is 3.61. The molecule has 0 radical (unpaired) electrons. The van der Waals surface area contributed by atoms with E-state index in [4.69, 9.17) is 0 Å². The van der Waals surface area contributed by atoms with E-state index in [1.54, 1.807) is 6.07 Å². The van der Waals surface area contributed by atoms with Crippen LogP contribution in [0.2, 0.25) is 0 Å². The Morgan fingerprint density at radius 2 is 1.42 bits per heavy atom. The smallest absolute Gasteiger partial charge is 0.339 e. The van der Waals surface area contributed by atoms with E-state index in [-0.39, 0.29) is 22.0 Å². The van der Waals surface area contributed by atoms with Gasteiger partial charge in [-0.3, -0.25) is 9.59 Å². The van der Waals surface area contributed by atoms with E-state index >= 15 is 0 Å². The minimum absolute atomic E-state index is 0.0147. The van der Waals surface area contributed by atoms with Gasteiger partial charge in [0.2, 0.25) is 0 Å². The number of sulfonamides is 1. The molecule has 184 valence electrons. The second-order valence-electron chi connectivity index (χ2n) is 9.15. The summed E-state index contributed by atoms with van der Waals surface area (Å²) in [5.41, 5.74) is 0.0299. The number of amides is 3. The Labute approximate surface area is 208 Å². The van der Waals surface area contributed by atoms with Gasteiger partial charge in [0.1, 0.15) is 5.54 Å². The summed E-state index contributed by atoms with van der Waals surface area (Å²) in [5, 5.41) is 12.3. The van der Waals surface area contributed by atoms with Crippen LogP contribution in [-0.4, -0.2) is 41.3 Å². The number of carbonyl (C=O) groups is 3. The number of hydrogen-bond acceptors (Lipinski definition) is 5. The zero-order valence-corrected chi connectivity index (χ0v) is 20.0. The van der Waals surface area contributed by atoms with Gasteiger partial charge in [0.25, 0.3) is 15.9 Å². The molecule has 5 rings (SSSR count). The van der Waals surface area contributed by atoms with Crippen molar-refractivity contribution in [1.29, 1.82) is 0 Å². The molecule has 0 bridgehead atoms. The van der Waals surface area contributed by atoms with Gasteiger partial charge >= 0.3 is 12.0 Å². The van der Waals surface area contributed by atoms with Gasteiger partial charge in [0.05, 0.1) is 10.8 Å². The molecule has 3 atom stereocenters. The summed E-state index contributed by atoms with van der Waals surface area (Å²) < 4.78 is 27.0. The molecule has 0 aromatic heterocycles. The van der Waals surface area contributed by atoms with Gasteiger partial charge in [-0.05, 0) is 36.1 Å². The van der Waals surface area contributed by atoms with Gasteiger partial charge in [-0.25, -0.2) is 13.2 Å². The maximum Gasteiger partial charge on any atom is 0.339 e. The van der Waals surface area contributed by atoms with Crippen molar-refractivity contribution in [3.8, 4) is 0 Å². The molecule has 2 aliphatic rings. The predicted molar refractivity (Wildman–Crippen MR) is 130 cm³/mol. The SMILES string of the molecule is O=C(O)[C@@H]1C[C@H]1[C@]1(CC(c2ccccc2)c2ccccc2)NC(=O)N(S(=O)(=O)c2ccccc2)C1=O. The van der Waals surface area contributed by atoms with E-state index in [1.807, 2.05) is 60.7 Å². The molecule has 9 heteroatoms. The summed E-state index contributed by atoms with van der Waals surface area (Å²) >= 11 is 0. The lowest BCUT2D eigenvalue weighted by atomic mass is 9.76. The minimum atomic E-state index is -4.49. The highest BCUT2D eigenvalue weighted by atomic mass is 32.2. The van der Waals surface area contributed by atoms with E-state index in [9.17, 15) is 27.9 Å².